The zero-order valence-corrected chi connectivity index (χ0v) is 16.2. The van der Waals surface area contributed by atoms with Crippen molar-refractivity contribution < 1.29 is 19.4 Å². The molecule has 0 saturated carbocycles. The average Bonchev–Trinajstić information content (AvgIpc) is 2.76. The number of hydrogen-bond acceptors (Lipinski definition) is 3. The maximum atomic E-state index is 13.4. The highest BCUT2D eigenvalue weighted by molar-refractivity contribution is 5.90. The van der Waals surface area contributed by atoms with Gasteiger partial charge in [-0.15, -0.1) is 0 Å². The Morgan fingerprint density at radius 1 is 1.04 bits per heavy atom. The van der Waals surface area contributed by atoms with Crippen LogP contribution in [0.25, 0.3) is 0 Å². The second-order valence-electron chi connectivity index (χ2n) is 7.35. The van der Waals surface area contributed by atoms with Crippen molar-refractivity contribution in [2.45, 2.75) is 37.0 Å². The fourth-order valence-electron chi connectivity index (χ4n) is 4.06. The van der Waals surface area contributed by atoms with E-state index in [0.29, 0.717) is 38.0 Å². The normalized spacial score (nSPS) is 18.0. The highest BCUT2D eigenvalue weighted by atomic mass is 16.5. The van der Waals surface area contributed by atoms with Crippen LogP contribution in [0, 0.1) is 0 Å². The predicted molar refractivity (Wildman–Crippen MR) is 107 cm³/mol. The Balaban J connectivity index is 1.88. The summed E-state index contributed by atoms with van der Waals surface area (Å²) in [5.41, 5.74) is -0.187. The molecule has 28 heavy (non-hydrogen) atoms. The van der Waals surface area contributed by atoms with Crippen molar-refractivity contribution in [2.75, 3.05) is 19.8 Å². The molecule has 0 spiro atoms. The molecule has 0 radical (unpaired) electrons. The van der Waals surface area contributed by atoms with Crippen molar-refractivity contribution in [3.05, 3.63) is 71.8 Å². The monoisotopic (exact) mass is 381 g/mol. The maximum absolute atomic E-state index is 13.4. The minimum absolute atomic E-state index is 0.0527. The summed E-state index contributed by atoms with van der Waals surface area (Å²) in [5.74, 6) is -1.06. The van der Waals surface area contributed by atoms with Crippen LogP contribution in [-0.2, 0) is 25.2 Å². The number of rotatable bonds is 7. The highest BCUT2D eigenvalue weighted by Crippen LogP contribution is 2.36. The van der Waals surface area contributed by atoms with E-state index in [1.807, 2.05) is 67.6 Å². The molecule has 0 aromatic heterocycles. The number of benzene rings is 2. The number of carbonyl (C=O) groups is 2. The van der Waals surface area contributed by atoms with Crippen LogP contribution in [0.2, 0.25) is 0 Å². The summed E-state index contributed by atoms with van der Waals surface area (Å²) < 4.78 is 5.50. The van der Waals surface area contributed by atoms with Crippen molar-refractivity contribution in [2.24, 2.45) is 0 Å². The number of carboxylic acid groups (broad SMARTS) is 1. The fraction of sp³-hybridized carbons (Fsp3) is 0.391. The van der Waals surface area contributed by atoms with E-state index >= 15 is 0 Å². The van der Waals surface area contributed by atoms with Gasteiger partial charge in [0.25, 0.3) is 0 Å². The zero-order chi connectivity index (χ0) is 20.0. The quantitative estimate of drug-likeness (QED) is 0.772. The van der Waals surface area contributed by atoms with Crippen molar-refractivity contribution >= 4 is 11.9 Å². The van der Waals surface area contributed by atoms with E-state index < -0.39 is 16.8 Å². The minimum Gasteiger partial charge on any atom is -0.481 e. The maximum Gasteiger partial charge on any atom is 0.315 e. The number of amides is 1. The SMILES string of the molecule is CCC(CNC(=O)C1(c2ccccc2)CCOCC1)(C(=O)O)c1ccccc1. The van der Waals surface area contributed by atoms with Gasteiger partial charge in [-0.1, -0.05) is 67.6 Å². The molecule has 2 N–H and O–H groups in total. The summed E-state index contributed by atoms with van der Waals surface area (Å²) in [6.07, 6.45) is 1.55. The van der Waals surface area contributed by atoms with Crippen molar-refractivity contribution in [3.8, 4) is 0 Å². The molecule has 2 aromatic carbocycles. The number of aliphatic carboxylic acids is 1. The minimum atomic E-state index is -1.15. The Morgan fingerprint density at radius 2 is 1.61 bits per heavy atom. The molecule has 2 aromatic rings. The first-order valence-corrected chi connectivity index (χ1v) is 9.76. The molecule has 5 nitrogen and oxygen atoms in total. The lowest BCUT2D eigenvalue weighted by Crippen LogP contribution is -2.53. The van der Waals surface area contributed by atoms with Crippen molar-refractivity contribution in [1.82, 2.24) is 5.32 Å². The van der Waals surface area contributed by atoms with Gasteiger partial charge in [-0.2, -0.15) is 0 Å². The first kappa shape index (κ1) is 20.1. The molecule has 1 amide bonds. The van der Waals surface area contributed by atoms with Gasteiger partial charge in [0.15, 0.2) is 0 Å². The van der Waals surface area contributed by atoms with E-state index in [4.69, 9.17) is 4.74 Å². The molecule has 0 bridgehead atoms. The summed E-state index contributed by atoms with van der Waals surface area (Å²) in [5, 5.41) is 13.0. The number of carboxylic acids is 1. The van der Waals surface area contributed by atoms with E-state index in [-0.39, 0.29) is 12.5 Å². The second kappa shape index (κ2) is 8.57. The first-order valence-electron chi connectivity index (χ1n) is 9.76. The lowest BCUT2D eigenvalue weighted by Gasteiger charge is -2.38. The molecule has 148 valence electrons. The van der Waals surface area contributed by atoms with E-state index in [1.54, 1.807) is 0 Å². The average molecular weight is 381 g/mol. The molecular weight excluding hydrogens is 354 g/mol. The molecule has 1 saturated heterocycles. The van der Waals surface area contributed by atoms with Gasteiger partial charge in [-0.25, -0.2) is 0 Å². The highest BCUT2D eigenvalue weighted by Gasteiger charge is 2.44. The van der Waals surface area contributed by atoms with E-state index in [2.05, 4.69) is 5.32 Å². The Hall–Kier alpha value is -2.66. The number of hydrogen-bond donors (Lipinski definition) is 2. The van der Waals surface area contributed by atoms with Crippen LogP contribution in [0.1, 0.15) is 37.3 Å². The third kappa shape index (κ3) is 3.67. The Bertz CT molecular complexity index is 800. The molecule has 1 aliphatic rings. The molecule has 1 aliphatic heterocycles. The van der Waals surface area contributed by atoms with Crippen LogP contribution >= 0.6 is 0 Å². The number of ether oxygens (including phenoxy) is 1. The molecule has 1 unspecified atom stereocenters. The van der Waals surface area contributed by atoms with Gasteiger partial charge < -0.3 is 15.2 Å². The zero-order valence-electron chi connectivity index (χ0n) is 16.2. The number of carbonyl (C=O) groups excluding carboxylic acids is 1. The lowest BCUT2D eigenvalue weighted by molar-refractivity contribution is -0.144. The lowest BCUT2D eigenvalue weighted by atomic mass is 9.72. The Morgan fingerprint density at radius 3 is 2.14 bits per heavy atom. The standard InChI is InChI=1S/C23H27NO4/c1-2-22(21(26)27,18-9-5-3-6-10-18)17-24-20(25)23(13-15-28-16-14-23)19-11-7-4-8-12-19/h3-12H,2,13-17H2,1H3,(H,24,25)(H,26,27). The smallest absolute Gasteiger partial charge is 0.315 e. The summed E-state index contributed by atoms with van der Waals surface area (Å²) >= 11 is 0. The van der Waals surface area contributed by atoms with E-state index in [1.165, 1.54) is 0 Å². The van der Waals surface area contributed by atoms with Crippen LogP contribution in [0.3, 0.4) is 0 Å². The summed E-state index contributed by atoms with van der Waals surface area (Å²) in [6, 6.07) is 18.8. The Labute approximate surface area is 165 Å². The van der Waals surface area contributed by atoms with Gasteiger partial charge in [-0.3, -0.25) is 9.59 Å². The molecular formula is C23H27NO4. The van der Waals surface area contributed by atoms with Crippen LogP contribution in [0.4, 0.5) is 0 Å². The van der Waals surface area contributed by atoms with Gasteiger partial charge >= 0.3 is 5.97 Å². The van der Waals surface area contributed by atoms with Crippen LogP contribution in [-0.4, -0.2) is 36.7 Å². The van der Waals surface area contributed by atoms with E-state index in [0.717, 1.165) is 5.56 Å². The van der Waals surface area contributed by atoms with Crippen molar-refractivity contribution in [3.63, 3.8) is 0 Å². The number of nitrogens with one attached hydrogen (secondary N) is 1. The third-order valence-electron chi connectivity index (χ3n) is 6.00. The summed E-state index contributed by atoms with van der Waals surface area (Å²) in [6.45, 7) is 2.92. The van der Waals surface area contributed by atoms with Gasteiger partial charge in [0.1, 0.15) is 5.41 Å². The largest absolute Gasteiger partial charge is 0.481 e. The summed E-state index contributed by atoms with van der Waals surface area (Å²) in [4.78, 5) is 25.6. The molecule has 5 heteroatoms. The first-order chi connectivity index (χ1) is 13.5. The molecule has 1 heterocycles. The molecule has 1 atom stereocenters. The van der Waals surface area contributed by atoms with Gasteiger partial charge in [-0.05, 0) is 30.4 Å². The van der Waals surface area contributed by atoms with E-state index in [9.17, 15) is 14.7 Å². The van der Waals surface area contributed by atoms with Gasteiger partial charge in [0.05, 0.1) is 5.41 Å². The van der Waals surface area contributed by atoms with Gasteiger partial charge in [0, 0.05) is 19.8 Å². The van der Waals surface area contributed by atoms with Crippen LogP contribution in [0.5, 0.6) is 0 Å². The molecule has 0 aliphatic carbocycles. The van der Waals surface area contributed by atoms with Crippen molar-refractivity contribution in [1.29, 1.82) is 0 Å². The van der Waals surface area contributed by atoms with Crippen LogP contribution in [0.15, 0.2) is 60.7 Å². The second-order valence-corrected chi connectivity index (χ2v) is 7.35. The summed E-state index contributed by atoms with van der Waals surface area (Å²) in [7, 11) is 0. The van der Waals surface area contributed by atoms with Gasteiger partial charge in [0.2, 0.25) is 5.91 Å². The fourth-order valence-corrected chi connectivity index (χ4v) is 4.06. The van der Waals surface area contributed by atoms with Crippen LogP contribution < -0.4 is 5.32 Å². The topological polar surface area (TPSA) is 75.6 Å². The third-order valence-corrected chi connectivity index (χ3v) is 6.00. The molecule has 1 fully saturated rings. The molecule has 3 rings (SSSR count). The predicted octanol–water partition coefficient (Wildman–Crippen LogP) is 3.28. The Kier molecular flexibility index (Phi) is 6.15.